The molecule has 1 saturated carbocycles. The van der Waals surface area contributed by atoms with Crippen LogP contribution in [0.2, 0.25) is 0 Å². The van der Waals surface area contributed by atoms with Crippen LogP contribution in [0.1, 0.15) is 48.9 Å². The third-order valence-electron chi connectivity index (χ3n) is 5.89. The first-order chi connectivity index (χ1) is 12.6. The molecular weight excluding hydrogens is 330 g/mol. The summed E-state index contributed by atoms with van der Waals surface area (Å²) in [6, 6.07) is 8.32. The van der Waals surface area contributed by atoms with E-state index in [0.717, 1.165) is 48.1 Å². The molecule has 0 amide bonds. The van der Waals surface area contributed by atoms with E-state index < -0.39 is 0 Å². The SMILES string of the molecule is COC(=O)[C@H]1C[C@H](n2c(C3CCOCC3)cc3ccc(C)cc3c2=O)C1. The highest BCUT2D eigenvalue weighted by Gasteiger charge is 2.38. The van der Waals surface area contributed by atoms with Gasteiger partial charge in [0.2, 0.25) is 0 Å². The first-order valence-electron chi connectivity index (χ1n) is 9.40. The summed E-state index contributed by atoms with van der Waals surface area (Å²) >= 11 is 0. The Morgan fingerprint density at radius 3 is 2.62 bits per heavy atom. The van der Waals surface area contributed by atoms with Crippen molar-refractivity contribution in [3.05, 3.63) is 45.9 Å². The van der Waals surface area contributed by atoms with Crippen LogP contribution in [0.5, 0.6) is 0 Å². The smallest absolute Gasteiger partial charge is 0.308 e. The molecule has 1 saturated heterocycles. The van der Waals surface area contributed by atoms with Crippen molar-refractivity contribution in [2.45, 2.75) is 44.6 Å². The lowest BCUT2D eigenvalue weighted by Gasteiger charge is -2.38. The second kappa shape index (κ2) is 6.88. The molecule has 1 aliphatic heterocycles. The van der Waals surface area contributed by atoms with Crippen LogP contribution in [0, 0.1) is 12.8 Å². The second-order valence-electron chi connectivity index (χ2n) is 7.57. The van der Waals surface area contributed by atoms with Crippen molar-refractivity contribution in [1.82, 2.24) is 4.57 Å². The fourth-order valence-corrected chi connectivity index (χ4v) is 4.30. The third kappa shape index (κ3) is 2.94. The number of fused-ring (bicyclic) bond motifs is 1. The third-order valence-corrected chi connectivity index (χ3v) is 5.89. The molecule has 0 spiro atoms. The van der Waals surface area contributed by atoms with Gasteiger partial charge in [-0.25, -0.2) is 0 Å². The van der Waals surface area contributed by atoms with Crippen LogP contribution in [0.3, 0.4) is 0 Å². The molecule has 5 nitrogen and oxygen atoms in total. The van der Waals surface area contributed by atoms with Gasteiger partial charge in [-0.1, -0.05) is 17.7 Å². The van der Waals surface area contributed by atoms with Crippen LogP contribution in [0.25, 0.3) is 10.8 Å². The first kappa shape index (κ1) is 17.3. The molecule has 5 heteroatoms. The normalized spacial score (nSPS) is 23.6. The lowest BCUT2D eigenvalue weighted by atomic mass is 9.79. The zero-order chi connectivity index (χ0) is 18.3. The zero-order valence-corrected chi connectivity index (χ0v) is 15.4. The molecule has 0 atom stereocenters. The number of aromatic nitrogens is 1. The summed E-state index contributed by atoms with van der Waals surface area (Å²) < 4.78 is 12.3. The Hall–Kier alpha value is -2.14. The summed E-state index contributed by atoms with van der Waals surface area (Å²) in [5, 5.41) is 1.77. The summed E-state index contributed by atoms with van der Waals surface area (Å²) in [6.45, 7) is 3.48. The van der Waals surface area contributed by atoms with Crippen LogP contribution < -0.4 is 5.56 Å². The molecule has 2 fully saturated rings. The van der Waals surface area contributed by atoms with Gasteiger partial charge in [-0.15, -0.1) is 0 Å². The molecule has 1 aromatic heterocycles. The van der Waals surface area contributed by atoms with Crippen molar-refractivity contribution in [2.75, 3.05) is 20.3 Å². The molecular formula is C21H25NO4. The number of carbonyl (C=O) groups excluding carboxylic acids is 1. The number of aryl methyl sites for hydroxylation is 1. The molecule has 0 bridgehead atoms. The number of esters is 1. The summed E-state index contributed by atoms with van der Waals surface area (Å²) in [5.41, 5.74) is 2.25. The number of nitrogens with zero attached hydrogens (tertiary/aromatic N) is 1. The standard InChI is InChI=1S/C21H25NO4/c1-13-3-4-15-12-19(14-5-7-26-8-6-14)22(20(23)18(15)9-13)17-10-16(11-17)21(24)25-2/h3-4,9,12,14,16-17H,5-8,10-11H2,1-2H3/t16-,17-. The highest BCUT2D eigenvalue weighted by Crippen LogP contribution is 2.41. The Bertz CT molecular complexity index is 889. The summed E-state index contributed by atoms with van der Waals surface area (Å²) in [5.74, 6) is 0.0746. The number of hydrogen-bond acceptors (Lipinski definition) is 4. The monoisotopic (exact) mass is 355 g/mol. The van der Waals surface area contributed by atoms with Gasteiger partial charge in [0, 0.05) is 36.3 Å². The highest BCUT2D eigenvalue weighted by molar-refractivity contribution is 5.83. The molecule has 2 heterocycles. The number of carbonyl (C=O) groups is 1. The van der Waals surface area contributed by atoms with E-state index in [1.165, 1.54) is 7.11 Å². The van der Waals surface area contributed by atoms with E-state index in [2.05, 4.69) is 12.1 Å². The van der Waals surface area contributed by atoms with Crippen molar-refractivity contribution in [1.29, 1.82) is 0 Å². The van der Waals surface area contributed by atoms with Gasteiger partial charge in [0.15, 0.2) is 0 Å². The molecule has 2 aromatic rings. The fraction of sp³-hybridized carbons (Fsp3) is 0.524. The number of rotatable bonds is 3. The Kier molecular flexibility index (Phi) is 4.57. The van der Waals surface area contributed by atoms with Crippen molar-refractivity contribution in [2.24, 2.45) is 5.92 Å². The van der Waals surface area contributed by atoms with E-state index in [0.29, 0.717) is 18.8 Å². The van der Waals surface area contributed by atoms with E-state index >= 15 is 0 Å². The van der Waals surface area contributed by atoms with Gasteiger partial charge in [0.25, 0.3) is 5.56 Å². The number of hydrogen-bond donors (Lipinski definition) is 0. The van der Waals surface area contributed by atoms with Crippen molar-refractivity contribution >= 4 is 16.7 Å². The number of pyridine rings is 1. The minimum absolute atomic E-state index is 0.0704. The predicted molar refractivity (Wildman–Crippen MR) is 99.5 cm³/mol. The summed E-state index contributed by atoms with van der Waals surface area (Å²) in [6.07, 6.45) is 3.23. The van der Waals surface area contributed by atoms with Crippen molar-refractivity contribution < 1.29 is 14.3 Å². The molecule has 4 rings (SSSR count). The predicted octanol–water partition coefficient (Wildman–Crippen LogP) is 3.33. The highest BCUT2D eigenvalue weighted by atomic mass is 16.5. The van der Waals surface area contributed by atoms with E-state index in [1.54, 1.807) is 0 Å². The maximum absolute atomic E-state index is 13.3. The molecule has 1 aliphatic carbocycles. The number of benzene rings is 1. The van der Waals surface area contributed by atoms with E-state index in [-0.39, 0.29) is 23.5 Å². The average molecular weight is 355 g/mol. The Morgan fingerprint density at radius 1 is 1.19 bits per heavy atom. The number of methoxy groups -OCH3 is 1. The van der Waals surface area contributed by atoms with Gasteiger partial charge in [-0.2, -0.15) is 0 Å². The molecule has 26 heavy (non-hydrogen) atoms. The van der Waals surface area contributed by atoms with Gasteiger partial charge in [0.05, 0.1) is 13.0 Å². The lowest BCUT2D eigenvalue weighted by molar-refractivity contribution is -0.149. The zero-order valence-electron chi connectivity index (χ0n) is 15.4. The molecule has 138 valence electrons. The van der Waals surface area contributed by atoms with Gasteiger partial charge in [-0.05, 0) is 50.1 Å². The minimum atomic E-state index is -0.168. The van der Waals surface area contributed by atoms with Gasteiger partial charge in [-0.3, -0.25) is 9.59 Å². The van der Waals surface area contributed by atoms with Crippen molar-refractivity contribution in [3.63, 3.8) is 0 Å². The maximum atomic E-state index is 13.3. The molecule has 2 aliphatic rings. The van der Waals surface area contributed by atoms with E-state index in [1.807, 2.05) is 23.6 Å². The largest absolute Gasteiger partial charge is 0.469 e. The minimum Gasteiger partial charge on any atom is -0.469 e. The fourth-order valence-electron chi connectivity index (χ4n) is 4.30. The van der Waals surface area contributed by atoms with Crippen LogP contribution in [-0.2, 0) is 14.3 Å². The Balaban J connectivity index is 1.79. The quantitative estimate of drug-likeness (QED) is 0.793. The van der Waals surface area contributed by atoms with Crippen LogP contribution in [-0.4, -0.2) is 30.9 Å². The lowest BCUT2D eigenvalue weighted by Crippen LogP contribution is -2.40. The molecule has 0 radical (unpaired) electrons. The second-order valence-corrected chi connectivity index (χ2v) is 7.57. The van der Waals surface area contributed by atoms with Crippen LogP contribution >= 0.6 is 0 Å². The van der Waals surface area contributed by atoms with Gasteiger partial charge in [0.1, 0.15) is 0 Å². The van der Waals surface area contributed by atoms with E-state index in [9.17, 15) is 9.59 Å². The van der Waals surface area contributed by atoms with Gasteiger partial charge < -0.3 is 14.0 Å². The molecule has 0 unspecified atom stereocenters. The average Bonchev–Trinajstić information content (AvgIpc) is 2.63. The van der Waals surface area contributed by atoms with Crippen LogP contribution in [0.15, 0.2) is 29.1 Å². The summed E-state index contributed by atoms with van der Waals surface area (Å²) in [4.78, 5) is 25.1. The van der Waals surface area contributed by atoms with Crippen LogP contribution in [0.4, 0.5) is 0 Å². The van der Waals surface area contributed by atoms with Crippen molar-refractivity contribution in [3.8, 4) is 0 Å². The first-order valence-corrected chi connectivity index (χ1v) is 9.40. The molecule has 0 N–H and O–H groups in total. The topological polar surface area (TPSA) is 57.5 Å². The van der Waals surface area contributed by atoms with E-state index in [4.69, 9.17) is 9.47 Å². The Labute approximate surface area is 152 Å². The number of ether oxygens (including phenoxy) is 2. The maximum Gasteiger partial charge on any atom is 0.308 e. The Morgan fingerprint density at radius 2 is 1.92 bits per heavy atom. The van der Waals surface area contributed by atoms with Gasteiger partial charge >= 0.3 is 5.97 Å². The molecule has 1 aromatic carbocycles. The summed E-state index contributed by atoms with van der Waals surface area (Å²) in [7, 11) is 1.42.